The fourth-order valence-electron chi connectivity index (χ4n) is 3.23. The van der Waals surface area contributed by atoms with Gasteiger partial charge in [0.1, 0.15) is 5.82 Å². The van der Waals surface area contributed by atoms with Gasteiger partial charge in [0.25, 0.3) is 5.91 Å². The van der Waals surface area contributed by atoms with E-state index in [1.54, 1.807) is 12.1 Å². The average molecular weight is 435 g/mol. The van der Waals surface area contributed by atoms with Crippen LogP contribution >= 0.6 is 0 Å². The van der Waals surface area contributed by atoms with Crippen molar-refractivity contribution in [2.45, 2.75) is 24.6 Å². The average Bonchev–Trinajstić information content (AvgIpc) is 3.14. The number of nitrogens with one attached hydrogen (secondary N) is 1. The van der Waals surface area contributed by atoms with Gasteiger partial charge in [-0.1, -0.05) is 17.7 Å². The normalized spacial score (nSPS) is 15.1. The molecular formula is C20H16F3N3O3S. The van der Waals surface area contributed by atoms with Crippen molar-refractivity contribution in [3.05, 3.63) is 76.5 Å². The van der Waals surface area contributed by atoms with Gasteiger partial charge in [0, 0.05) is 11.1 Å². The van der Waals surface area contributed by atoms with Crippen molar-refractivity contribution < 1.29 is 26.4 Å². The summed E-state index contributed by atoms with van der Waals surface area (Å²) in [5, 5.41) is 6.99. The molecule has 0 spiro atoms. The maximum atomic E-state index is 12.7. The van der Waals surface area contributed by atoms with Gasteiger partial charge in [0.15, 0.2) is 9.84 Å². The van der Waals surface area contributed by atoms with Crippen molar-refractivity contribution in [1.29, 1.82) is 0 Å². The Balaban J connectivity index is 1.71. The van der Waals surface area contributed by atoms with Gasteiger partial charge in [-0.05, 0) is 43.3 Å². The molecule has 0 radical (unpaired) electrons. The Labute approximate surface area is 170 Å². The lowest BCUT2D eigenvalue weighted by molar-refractivity contribution is -0.137. The van der Waals surface area contributed by atoms with E-state index in [9.17, 15) is 26.4 Å². The number of hydrogen-bond donors (Lipinski definition) is 1. The highest BCUT2D eigenvalue weighted by Gasteiger charge is 2.34. The number of carbonyl (C=O) groups is 1. The van der Waals surface area contributed by atoms with E-state index in [0.717, 1.165) is 29.8 Å². The Morgan fingerprint density at radius 2 is 1.67 bits per heavy atom. The molecule has 0 saturated carbocycles. The van der Waals surface area contributed by atoms with Crippen LogP contribution < -0.4 is 5.32 Å². The van der Waals surface area contributed by atoms with Crippen LogP contribution in [0.15, 0.2) is 48.5 Å². The summed E-state index contributed by atoms with van der Waals surface area (Å²) in [6, 6.07) is 11.0. The van der Waals surface area contributed by atoms with Crippen molar-refractivity contribution in [2.24, 2.45) is 0 Å². The van der Waals surface area contributed by atoms with Gasteiger partial charge >= 0.3 is 6.18 Å². The minimum Gasteiger partial charge on any atom is -0.306 e. The second-order valence-corrected chi connectivity index (χ2v) is 9.15. The number of aromatic nitrogens is 2. The molecule has 0 saturated heterocycles. The van der Waals surface area contributed by atoms with Crippen molar-refractivity contribution in [3.8, 4) is 5.69 Å². The first-order valence-electron chi connectivity index (χ1n) is 8.90. The number of halogens is 3. The number of sulfone groups is 1. The molecule has 3 aromatic rings. The summed E-state index contributed by atoms with van der Waals surface area (Å²) in [6.07, 6.45) is -4.51. The predicted molar refractivity (Wildman–Crippen MR) is 104 cm³/mol. The summed E-state index contributed by atoms with van der Waals surface area (Å²) < 4.78 is 63.7. The van der Waals surface area contributed by atoms with Gasteiger partial charge in [0.05, 0.1) is 28.5 Å². The highest BCUT2D eigenvalue weighted by atomic mass is 32.2. The Morgan fingerprint density at radius 3 is 2.27 bits per heavy atom. The highest BCUT2D eigenvalue weighted by molar-refractivity contribution is 7.90. The van der Waals surface area contributed by atoms with Gasteiger partial charge in [-0.3, -0.25) is 4.79 Å². The number of fused-ring (bicyclic) bond motifs is 1. The molecule has 0 unspecified atom stereocenters. The summed E-state index contributed by atoms with van der Waals surface area (Å²) in [5.41, 5.74) is 1.51. The van der Waals surface area contributed by atoms with Gasteiger partial charge in [-0.2, -0.15) is 18.3 Å². The van der Waals surface area contributed by atoms with Crippen LogP contribution in [-0.4, -0.2) is 24.1 Å². The van der Waals surface area contributed by atoms with Crippen LogP contribution in [-0.2, 0) is 27.5 Å². The summed E-state index contributed by atoms with van der Waals surface area (Å²) in [4.78, 5) is 12.7. The first-order valence-corrected chi connectivity index (χ1v) is 10.7. The predicted octanol–water partition coefficient (Wildman–Crippen LogP) is 3.88. The quantitative estimate of drug-likeness (QED) is 0.677. The van der Waals surface area contributed by atoms with Gasteiger partial charge in [-0.25, -0.2) is 13.1 Å². The van der Waals surface area contributed by atoms with Crippen molar-refractivity contribution in [3.63, 3.8) is 0 Å². The maximum Gasteiger partial charge on any atom is 0.416 e. The Morgan fingerprint density at radius 1 is 1.03 bits per heavy atom. The van der Waals surface area contributed by atoms with E-state index in [2.05, 4.69) is 10.4 Å². The van der Waals surface area contributed by atoms with Crippen LogP contribution in [0.3, 0.4) is 0 Å². The van der Waals surface area contributed by atoms with E-state index in [-0.39, 0.29) is 22.9 Å². The van der Waals surface area contributed by atoms with Crippen LogP contribution in [0.5, 0.6) is 0 Å². The fraction of sp³-hybridized carbons (Fsp3) is 0.200. The van der Waals surface area contributed by atoms with E-state index < -0.39 is 27.5 Å². The zero-order valence-electron chi connectivity index (χ0n) is 15.7. The lowest BCUT2D eigenvalue weighted by Crippen LogP contribution is -2.17. The van der Waals surface area contributed by atoms with Gasteiger partial charge in [-0.15, -0.1) is 0 Å². The number of anilines is 1. The van der Waals surface area contributed by atoms with Crippen LogP contribution in [0.1, 0.15) is 32.7 Å². The lowest BCUT2D eigenvalue weighted by Gasteiger charge is -2.12. The van der Waals surface area contributed by atoms with Gasteiger partial charge in [0.2, 0.25) is 0 Å². The maximum absolute atomic E-state index is 12.7. The lowest BCUT2D eigenvalue weighted by atomic mass is 10.1. The highest BCUT2D eigenvalue weighted by Crippen LogP contribution is 2.33. The zero-order chi connectivity index (χ0) is 21.7. The summed E-state index contributed by atoms with van der Waals surface area (Å²) >= 11 is 0. The molecule has 0 atom stereocenters. The fourth-order valence-corrected chi connectivity index (χ4v) is 4.73. The molecule has 2 heterocycles. The number of amides is 1. The Bertz CT molecular complexity index is 1230. The van der Waals surface area contributed by atoms with Gasteiger partial charge < -0.3 is 5.32 Å². The van der Waals surface area contributed by atoms with E-state index in [4.69, 9.17) is 0 Å². The number of hydrogen-bond acceptors (Lipinski definition) is 4. The van der Waals surface area contributed by atoms with E-state index in [0.29, 0.717) is 16.9 Å². The standard InChI is InChI=1S/C20H16F3N3O3S/c1-12-2-8-15(9-3-12)26-18(16-10-30(28,29)11-17(16)25-26)24-19(27)13-4-6-14(7-5-13)20(21,22)23/h2-9H,10-11H2,1H3,(H,24,27). The molecule has 0 aliphatic carbocycles. The molecule has 4 rings (SSSR count). The SMILES string of the molecule is Cc1ccc(-n2nc3c(c2NC(=O)c2ccc(C(F)(F)F)cc2)CS(=O)(=O)C3)cc1. The number of alkyl halides is 3. The molecule has 1 aliphatic rings. The minimum absolute atomic E-state index is 0.00857. The molecule has 1 amide bonds. The number of rotatable bonds is 3. The molecule has 0 fully saturated rings. The number of aryl methyl sites for hydroxylation is 1. The van der Waals surface area contributed by atoms with Crippen LogP contribution in [0.25, 0.3) is 5.69 Å². The van der Waals surface area contributed by atoms with Crippen LogP contribution in [0.2, 0.25) is 0 Å². The molecule has 2 aromatic carbocycles. The third-order valence-electron chi connectivity index (χ3n) is 4.77. The van der Waals surface area contributed by atoms with E-state index >= 15 is 0 Å². The van der Waals surface area contributed by atoms with Crippen LogP contribution in [0, 0.1) is 6.92 Å². The smallest absolute Gasteiger partial charge is 0.306 e. The number of benzene rings is 2. The second kappa shape index (κ2) is 6.98. The molecule has 0 bridgehead atoms. The van der Waals surface area contributed by atoms with E-state index in [1.165, 1.54) is 4.68 Å². The summed E-state index contributed by atoms with van der Waals surface area (Å²) in [5.74, 6) is -0.967. The van der Waals surface area contributed by atoms with Crippen LogP contribution in [0.4, 0.5) is 19.0 Å². The number of carbonyl (C=O) groups excluding carboxylic acids is 1. The molecule has 6 nitrogen and oxygen atoms in total. The third-order valence-corrected chi connectivity index (χ3v) is 6.21. The topological polar surface area (TPSA) is 81.1 Å². The minimum atomic E-state index is -4.51. The monoisotopic (exact) mass is 435 g/mol. The Hall–Kier alpha value is -3.14. The second-order valence-electron chi connectivity index (χ2n) is 7.08. The largest absolute Gasteiger partial charge is 0.416 e. The molecular weight excluding hydrogens is 419 g/mol. The van der Waals surface area contributed by atoms with Crippen molar-refractivity contribution in [2.75, 3.05) is 5.32 Å². The third kappa shape index (κ3) is 3.82. The van der Waals surface area contributed by atoms with Crippen molar-refractivity contribution in [1.82, 2.24) is 9.78 Å². The zero-order valence-corrected chi connectivity index (χ0v) is 16.5. The first kappa shape index (κ1) is 20.1. The molecule has 156 valence electrons. The number of nitrogens with zero attached hydrogens (tertiary/aromatic N) is 2. The molecule has 1 aliphatic heterocycles. The summed E-state index contributed by atoms with van der Waals surface area (Å²) in [7, 11) is -3.36. The molecule has 1 aromatic heterocycles. The van der Waals surface area contributed by atoms with Crippen molar-refractivity contribution >= 4 is 21.6 Å². The van der Waals surface area contributed by atoms with E-state index in [1.807, 2.05) is 19.1 Å². The first-order chi connectivity index (χ1) is 14.0. The Kier molecular flexibility index (Phi) is 4.69. The summed E-state index contributed by atoms with van der Waals surface area (Å²) in [6.45, 7) is 1.91. The molecule has 30 heavy (non-hydrogen) atoms. The molecule has 1 N–H and O–H groups in total. The molecule has 10 heteroatoms.